The number of hydrogen-bond acceptors (Lipinski definition) is 0. The van der Waals surface area contributed by atoms with Crippen molar-refractivity contribution in [3.05, 3.63) is 12.2 Å². The molecule has 0 N–H and O–H groups in total. The minimum absolute atomic E-state index is 0.331. The van der Waals surface area contributed by atoms with Gasteiger partial charge in [0.2, 0.25) is 0 Å². The second kappa shape index (κ2) is 12.0. The van der Waals surface area contributed by atoms with Gasteiger partial charge >= 0.3 is 0 Å². The predicted octanol–water partition coefficient (Wildman–Crippen LogP) is 6.90. The van der Waals surface area contributed by atoms with Gasteiger partial charge in [-0.15, -0.1) is 9.24 Å². The fraction of sp³-hybridized carbons (Fsp3) is 0.889. The maximum Gasteiger partial charge on any atom is 0.00539 e. The summed E-state index contributed by atoms with van der Waals surface area (Å²) in [6.07, 6.45) is 15.9. The first-order valence-corrected chi connectivity index (χ1v) is 9.15. The summed E-state index contributed by atoms with van der Waals surface area (Å²) >= 11 is 0. The molecule has 0 aliphatic rings. The molecule has 0 bridgehead atoms. The summed E-state index contributed by atoms with van der Waals surface area (Å²) in [6.45, 7) is 11.3. The third-order valence-corrected chi connectivity index (χ3v) is 5.22. The van der Waals surface area contributed by atoms with Crippen molar-refractivity contribution in [3.8, 4) is 0 Å². The van der Waals surface area contributed by atoms with Crippen LogP contribution in [0.1, 0.15) is 97.8 Å². The predicted molar refractivity (Wildman–Crippen MR) is 94.0 cm³/mol. The molecule has 0 heterocycles. The Morgan fingerprint density at radius 1 is 0.789 bits per heavy atom. The summed E-state index contributed by atoms with van der Waals surface area (Å²) in [5.74, 6) is 0. The van der Waals surface area contributed by atoms with E-state index < -0.39 is 0 Å². The number of allylic oxidation sites excluding steroid dienone is 1. The van der Waals surface area contributed by atoms with Crippen molar-refractivity contribution in [1.82, 2.24) is 0 Å². The van der Waals surface area contributed by atoms with Crippen molar-refractivity contribution < 1.29 is 0 Å². The van der Waals surface area contributed by atoms with E-state index >= 15 is 0 Å². The normalized spacial score (nSPS) is 11.8. The first-order valence-electron chi connectivity index (χ1n) is 8.57. The van der Waals surface area contributed by atoms with Gasteiger partial charge in [-0.25, -0.2) is 0 Å². The quantitative estimate of drug-likeness (QED) is 0.196. The van der Waals surface area contributed by atoms with Crippen molar-refractivity contribution in [2.24, 2.45) is 0 Å². The molecule has 0 aromatic carbocycles. The molecule has 0 amide bonds. The minimum atomic E-state index is 0.331. The summed E-state index contributed by atoms with van der Waals surface area (Å²) in [5, 5.41) is 0.331. The second-order valence-electron chi connectivity index (χ2n) is 6.13. The van der Waals surface area contributed by atoms with E-state index in [4.69, 9.17) is 0 Å². The molecule has 0 nitrogen and oxygen atoms in total. The summed E-state index contributed by atoms with van der Waals surface area (Å²) < 4.78 is 0. The van der Waals surface area contributed by atoms with E-state index in [9.17, 15) is 0 Å². The molecular weight excluding hydrogens is 247 g/mol. The Labute approximate surface area is 125 Å². The molecule has 19 heavy (non-hydrogen) atoms. The van der Waals surface area contributed by atoms with E-state index in [2.05, 4.69) is 36.6 Å². The molecule has 1 atom stereocenters. The first kappa shape index (κ1) is 19.2. The number of rotatable bonds is 13. The highest BCUT2D eigenvalue weighted by Crippen LogP contribution is 2.40. The molecule has 0 saturated carbocycles. The van der Waals surface area contributed by atoms with Gasteiger partial charge in [-0.1, -0.05) is 84.3 Å². The average Bonchev–Trinajstić information content (AvgIpc) is 2.39. The van der Waals surface area contributed by atoms with E-state index in [1.807, 2.05) is 0 Å². The van der Waals surface area contributed by atoms with Crippen LogP contribution in [-0.4, -0.2) is 5.16 Å². The van der Waals surface area contributed by atoms with Gasteiger partial charge in [-0.2, -0.15) is 0 Å². The molecule has 0 aliphatic heterocycles. The van der Waals surface area contributed by atoms with Crippen molar-refractivity contribution >= 4 is 9.24 Å². The molecule has 0 rings (SSSR count). The van der Waals surface area contributed by atoms with Crippen LogP contribution in [0.3, 0.4) is 0 Å². The van der Waals surface area contributed by atoms with Crippen molar-refractivity contribution in [3.63, 3.8) is 0 Å². The van der Waals surface area contributed by atoms with Gasteiger partial charge < -0.3 is 0 Å². The Balaban J connectivity index is 4.31. The van der Waals surface area contributed by atoms with Gasteiger partial charge in [0.1, 0.15) is 0 Å². The van der Waals surface area contributed by atoms with Gasteiger partial charge in [0.15, 0.2) is 0 Å². The van der Waals surface area contributed by atoms with Gasteiger partial charge in [-0.05, 0) is 25.7 Å². The Bertz CT molecular complexity index is 210. The largest absolute Gasteiger partial charge is 0.127 e. The second-order valence-corrected chi connectivity index (χ2v) is 7.24. The molecule has 0 fully saturated rings. The van der Waals surface area contributed by atoms with Crippen LogP contribution in [0.4, 0.5) is 0 Å². The lowest BCUT2D eigenvalue weighted by Crippen LogP contribution is -2.23. The van der Waals surface area contributed by atoms with Crippen LogP contribution < -0.4 is 0 Å². The molecule has 0 saturated heterocycles. The van der Waals surface area contributed by atoms with Gasteiger partial charge in [0.05, 0.1) is 0 Å². The lowest BCUT2D eigenvalue weighted by Gasteiger charge is -2.32. The van der Waals surface area contributed by atoms with Crippen LogP contribution in [0.25, 0.3) is 0 Å². The smallest absolute Gasteiger partial charge is 0.00539 e. The molecule has 0 aromatic rings. The zero-order chi connectivity index (χ0) is 14.6. The Morgan fingerprint density at radius 2 is 1.21 bits per heavy atom. The fourth-order valence-corrected chi connectivity index (χ4v) is 3.25. The molecule has 0 aromatic heterocycles. The SMILES string of the molecule is C=C(CCCCC)C(P)(CCCCC)CCCCC. The zero-order valence-corrected chi connectivity index (χ0v) is 14.9. The molecular formula is C18H37P. The molecule has 114 valence electrons. The fourth-order valence-electron chi connectivity index (χ4n) is 2.70. The van der Waals surface area contributed by atoms with E-state index in [1.165, 1.54) is 82.6 Å². The molecule has 1 heteroatoms. The summed E-state index contributed by atoms with van der Waals surface area (Å²) in [6, 6.07) is 0. The Morgan fingerprint density at radius 3 is 1.63 bits per heavy atom. The molecule has 1 unspecified atom stereocenters. The van der Waals surface area contributed by atoms with Crippen LogP contribution >= 0.6 is 9.24 Å². The Kier molecular flexibility index (Phi) is 12.1. The third kappa shape index (κ3) is 8.85. The summed E-state index contributed by atoms with van der Waals surface area (Å²) in [4.78, 5) is 0. The average molecular weight is 284 g/mol. The highest BCUT2D eigenvalue weighted by Gasteiger charge is 2.26. The van der Waals surface area contributed by atoms with Crippen LogP contribution in [0.2, 0.25) is 0 Å². The highest BCUT2D eigenvalue weighted by molar-refractivity contribution is 7.19. The lowest BCUT2D eigenvalue weighted by molar-refractivity contribution is 0.484. The van der Waals surface area contributed by atoms with Crippen LogP contribution in [-0.2, 0) is 0 Å². The maximum atomic E-state index is 4.44. The van der Waals surface area contributed by atoms with Crippen molar-refractivity contribution in [1.29, 1.82) is 0 Å². The first-order chi connectivity index (χ1) is 9.10. The standard InChI is InChI=1S/C18H37P/c1-5-8-11-14-17(4)18(19,15-12-9-6-2)16-13-10-7-3/h4-16,19H2,1-3H3. The summed E-state index contributed by atoms with van der Waals surface area (Å²) in [5.41, 5.74) is 1.50. The van der Waals surface area contributed by atoms with Crippen LogP contribution in [0, 0.1) is 0 Å². The van der Waals surface area contributed by atoms with Crippen LogP contribution in [0.5, 0.6) is 0 Å². The molecule has 0 aliphatic carbocycles. The molecule has 0 radical (unpaired) electrons. The van der Waals surface area contributed by atoms with Crippen LogP contribution in [0.15, 0.2) is 12.2 Å². The number of unbranched alkanes of at least 4 members (excludes halogenated alkanes) is 6. The van der Waals surface area contributed by atoms with Gasteiger partial charge in [-0.3, -0.25) is 0 Å². The van der Waals surface area contributed by atoms with E-state index in [1.54, 1.807) is 0 Å². The summed E-state index contributed by atoms with van der Waals surface area (Å²) in [7, 11) is 3.18. The number of hydrogen-bond donors (Lipinski definition) is 0. The minimum Gasteiger partial charge on any atom is -0.127 e. The van der Waals surface area contributed by atoms with E-state index in [0.29, 0.717) is 5.16 Å². The monoisotopic (exact) mass is 284 g/mol. The van der Waals surface area contributed by atoms with Crippen molar-refractivity contribution in [2.45, 2.75) is 103 Å². The zero-order valence-electron chi connectivity index (χ0n) is 13.8. The van der Waals surface area contributed by atoms with E-state index in [0.717, 1.165) is 0 Å². The molecule has 0 spiro atoms. The van der Waals surface area contributed by atoms with Gasteiger partial charge in [0.25, 0.3) is 0 Å². The van der Waals surface area contributed by atoms with Crippen molar-refractivity contribution in [2.75, 3.05) is 0 Å². The van der Waals surface area contributed by atoms with Gasteiger partial charge in [0, 0.05) is 5.16 Å². The topological polar surface area (TPSA) is 0 Å². The lowest BCUT2D eigenvalue weighted by atomic mass is 9.85. The Hall–Kier alpha value is 0.170. The van der Waals surface area contributed by atoms with E-state index in [-0.39, 0.29) is 0 Å². The highest BCUT2D eigenvalue weighted by atomic mass is 31.0. The third-order valence-electron chi connectivity index (χ3n) is 4.24. The maximum absolute atomic E-state index is 4.44.